The fourth-order valence-corrected chi connectivity index (χ4v) is 1.23. The van der Waals surface area contributed by atoms with Gasteiger partial charge in [0.2, 0.25) is 5.91 Å². The first-order chi connectivity index (χ1) is 9.10. The van der Waals surface area contributed by atoms with Crippen molar-refractivity contribution in [1.82, 2.24) is 0 Å². The molecule has 0 aliphatic carbocycles. The number of amidine groups is 1. The largest absolute Gasteiger partial charge is 0.403 e. The van der Waals surface area contributed by atoms with Crippen LogP contribution in [-0.4, -0.2) is 11.7 Å². The van der Waals surface area contributed by atoms with E-state index in [1.165, 1.54) is 0 Å². The van der Waals surface area contributed by atoms with E-state index in [0.29, 0.717) is 11.4 Å². The van der Waals surface area contributed by atoms with Crippen LogP contribution in [0.4, 0.5) is 11.4 Å². The molecule has 0 aromatic heterocycles. The summed E-state index contributed by atoms with van der Waals surface area (Å²) < 4.78 is 0. The third-order valence-corrected chi connectivity index (χ3v) is 2.11. The molecule has 6 nitrogen and oxygen atoms in total. The Bertz CT molecular complexity index is 595. The molecule has 19 heavy (non-hydrogen) atoms. The third-order valence-electron chi connectivity index (χ3n) is 2.11. The summed E-state index contributed by atoms with van der Waals surface area (Å²) in [6, 6.07) is 8.51. The number of aliphatic imine (C=N–C) groups is 1. The summed E-state index contributed by atoms with van der Waals surface area (Å²) in [5.41, 5.74) is 12.0. The van der Waals surface area contributed by atoms with Crippen LogP contribution in [0.2, 0.25) is 0 Å². The van der Waals surface area contributed by atoms with Gasteiger partial charge in [-0.15, -0.1) is 0 Å². The number of nitriles is 1. The van der Waals surface area contributed by atoms with Gasteiger partial charge in [-0.3, -0.25) is 4.79 Å². The summed E-state index contributed by atoms with van der Waals surface area (Å²) >= 11 is 0. The second-order valence-corrected chi connectivity index (χ2v) is 3.43. The first-order valence-electron chi connectivity index (χ1n) is 5.30. The number of nitrogens with one attached hydrogen (secondary N) is 1. The van der Waals surface area contributed by atoms with E-state index < -0.39 is 0 Å². The second kappa shape index (κ2) is 6.61. The monoisotopic (exact) mass is 255 g/mol. The number of benzene rings is 1. The van der Waals surface area contributed by atoms with E-state index >= 15 is 0 Å². The number of carbonyl (C=O) groups excluding carboxylic acids is 1. The predicted molar refractivity (Wildman–Crippen MR) is 74.4 cm³/mol. The van der Waals surface area contributed by atoms with E-state index in [0.717, 1.165) is 12.3 Å². The van der Waals surface area contributed by atoms with Gasteiger partial charge in [-0.1, -0.05) is 12.6 Å². The normalized spacial score (nSPS) is 11.5. The first kappa shape index (κ1) is 14.0. The topological polar surface area (TPSA) is 117 Å². The van der Waals surface area contributed by atoms with Crippen molar-refractivity contribution in [2.75, 3.05) is 5.32 Å². The number of hydrogen-bond acceptors (Lipinski definition) is 4. The quantitative estimate of drug-likeness (QED) is 0.324. The average Bonchev–Trinajstić information content (AvgIpc) is 2.40. The number of rotatable bonds is 4. The van der Waals surface area contributed by atoms with Gasteiger partial charge in [-0.25, -0.2) is 4.99 Å². The standard InChI is InChI=1S/C13H13N5O/c1-2-12(19)17-10-4-3-5-11(6-10)18-13(16)9(7-14)8-15/h2-7H,1,14H2,(H2,16,18)(H,17,19)/b9-7-. The van der Waals surface area contributed by atoms with E-state index in [4.69, 9.17) is 16.7 Å². The van der Waals surface area contributed by atoms with E-state index in [-0.39, 0.29) is 17.3 Å². The summed E-state index contributed by atoms with van der Waals surface area (Å²) in [6.07, 6.45) is 2.25. The van der Waals surface area contributed by atoms with Crippen molar-refractivity contribution in [3.63, 3.8) is 0 Å². The van der Waals surface area contributed by atoms with Gasteiger partial charge in [0.1, 0.15) is 17.5 Å². The van der Waals surface area contributed by atoms with Crippen molar-refractivity contribution in [2.24, 2.45) is 16.5 Å². The van der Waals surface area contributed by atoms with Crippen LogP contribution < -0.4 is 16.8 Å². The number of nitrogens with two attached hydrogens (primary N) is 2. The predicted octanol–water partition coefficient (Wildman–Crippen LogP) is 1.17. The molecule has 1 aromatic rings. The highest BCUT2D eigenvalue weighted by Crippen LogP contribution is 2.18. The summed E-state index contributed by atoms with van der Waals surface area (Å²) in [5.74, 6) is -0.314. The van der Waals surface area contributed by atoms with Crippen molar-refractivity contribution in [3.8, 4) is 6.07 Å². The van der Waals surface area contributed by atoms with Gasteiger partial charge in [-0.05, 0) is 24.3 Å². The van der Waals surface area contributed by atoms with Crippen molar-refractivity contribution in [1.29, 1.82) is 5.26 Å². The third kappa shape index (κ3) is 4.02. The highest BCUT2D eigenvalue weighted by atomic mass is 16.1. The molecule has 96 valence electrons. The Balaban J connectivity index is 3.01. The molecule has 0 saturated carbocycles. The van der Waals surface area contributed by atoms with E-state index in [1.54, 1.807) is 24.3 Å². The lowest BCUT2D eigenvalue weighted by Crippen LogP contribution is -2.14. The molecular formula is C13H13N5O. The molecule has 0 heterocycles. The van der Waals surface area contributed by atoms with Crippen LogP contribution in [0.25, 0.3) is 0 Å². The average molecular weight is 255 g/mol. The van der Waals surface area contributed by atoms with Crippen LogP contribution >= 0.6 is 0 Å². The molecule has 0 bridgehead atoms. The minimum atomic E-state index is -0.325. The SMILES string of the molecule is C=CC(=O)Nc1cccc(N=C(N)/C(C#N)=C\N)c1. The fourth-order valence-electron chi connectivity index (χ4n) is 1.23. The van der Waals surface area contributed by atoms with Crippen LogP contribution in [0, 0.1) is 11.3 Å². The van der Waals surface area contributed by atoms with Crippen molar-refractivity contribution in [2.45, 2.75) is 0 Å². The van der Waals surface area contributed by atoms with Crippen LogP contribution in [0.3, 0.4) is 0 Å². The molecule has 1 aromatic carbocycles. The van der Waals surface area contributed by atoms with E-state index in [1.807, 2.05) is 6.07 Å². The zero-order valence-corrected chi connectivity index (χ0v) is 10.1. The Hall–Kier alpha value is -3.07. The van der Waals surface area contributed by atoms with Gasteiger partial charge in [0.25, 0.3) is 0 Å². The molecule has 0 atom stereocenters. The van der Waals surface area contributed by atoms with Crippen molar-refractivity contribution < 1.29 is 4.79 Å². The molecule has 0 fully saturated rings. The van der Waals surface area contributed by atoms with Crippen molar-refractivity contribution >= 4 is 23.1 Å². The Morgan fingerprint density at radius 3 is 2.84 bits per heavy atom. The maximum atomic E-state index is 11.2. The zero-order valence-electron chi connectivity index (χ0n) is 10.1. The Morgan fingerprint density at radius 1 is 1.53 bits per heavy atom. The molecule has 0 unspecified atom stereocenters. The van der Waals surface area contributed by atoms with Gasteiger partial charge >= 0.3 is 0 Å². The minimum absolute atomic E-state index is 0.0113. The van der Waals surface area contributed by atoms with Crippen LogP contribution in [0.5, 0.6) is 0 Å². The molecule has 0 aliphatic heterocycles. The molecule has 1 amide bonds. The van der Waals surface area contributed by atoms with Gasteiger partial charge < -0.3 is 16.8 Å². The lowest BCUT2D eigenvalue weighted by molar-refractivity contribution is -0.111. The fraction of sp³-hybridized carbons (Fsp3) is 0. The Kier molecular flexibility index (Phi) is 4.87. The van der Waals surface area contributed by atoms with E-state index in [9.17, 15) is 4.79 Å². The molecule has 0 aliphatic rings. The second-order valence-electron chi connectivity index (χ2n) is 3.43. The van der Waals surface area contributed by atoms with Crippen LogP contribution in [-0.2, 0) is 4.79 Å². The number of nitrogens with zero attached hydrogens (tertiary/aromatic N) is 2. The number of hydrogen-bond donors (Lipinski definition) is 3. The van der Waals surface area contributed by atoms with Gasteiger partial charge in [0.05, 0.1) is 5.69 Å². The highest BCUT2D eigenvalue weighted by Gasteiger charge is 2.02. The molecule has 5 N–H and O–H groups in total. The number of amides is 1. The van der Waals surface area contributed by atoms with Gasteiger partial charge in [0.15, 0.2) is 0 Å². The van der Waals surface area contributed by atoms with Gasteiger partial charge in [-0.2, -0.15) is 5.26 Å². The molecule has 6 heteroatoms. The van der Waals surface area contributed by atoms with Crippen molar-refractivity contribution in [3.05, 3.63) is 48.7 Å². The first-order valence-corrected chi connectivity index (χ1v) is 5.30. The summed E-state index contributed by atoms with van der Waals surface area (Å²) in [4.78, 5) is 15.2. The summed E-state index contributed by atoms with van der Waals surface area (Å²) in [5, 5.41) is 11.3. The zero-order chi connectivity index (χ0) is 14.3. The van der Waals surface area contributed by atoms with Crippen LogP contribution in [0.15, 0.2) is 53.7 Å². The smallest absolute Gasteiger partial charge is 0.247 e. The summed E-state index contributed by atoms with van der Waals surface area (Å²) in [6.45, 7) is 3.36. The molecule has 0 spiro atoms. The minimum Gasteiger partial charge on any atom is -0.403 e. The number of anilines is 1. The molecule has 0 radical (unpaired) electrons. The number of carbonyl (C=O) groups is 1. The molecule has 1 rings (SSSR count). The molecule has 0 saturated heterocycles. The highest BCUT2D eigenvalue weighted by molar-refractivity contribution is 6.02. The van der Waals surface area contributed by atoms with Gasteiger partial charge in [0, 0.05) is 11.9 Å². The lowest BCUT2D eigenvalue weighted by Gasteiger charge is -2.03. The van der Waals surface area contributed by atoms with E-state index in [2.05, 4.69) is 16.9 Å². The Labute approximate surface area is 110 Å². The maximum Gasteiger partial charge on any atom is 0.247 e. The van der Waals surface area contributed by atoms with Crippen LogP contribution in [0.1, 0.15) is 0 Å². The summed E-state index contributed by atoms with van der Waals surface area (Å²) in [7, 11) is 0. The Morgan fingerprint density at radius 2 is 2.26 bits per heavy atom. The molecular weight excluding hydrogens is 242 g/mol. The lowest BCUT2D eigenvalue weighted by atomic mass is 10.2. The maximum absolute atomic E-state index is 11.2.